The van der Waals surface area contributed by atoms with E-state index < -0.39 is 41.9 Å². The van der Waals surface area contributed by atoms with Crippen molar-refractivity contribution in [2.24, 2.45) is 11.5 Å². The Morgan fingerprint density at radius 3 is 1.98 bits per heavy atom. The number of likely N-dealkylation sites (N-methyl/N-ethyl adjacent to an activating group) is 1. The first-order chi connectivity index (χ1) is 28.1. The number of Topliss-reactive ketones (excluding diaryl/α,β-unsaturated/α-hetero) is 1. The van der Waals surface area contributed by atoms with Crippen molar-refractivity contribution in [3.05, 3.63) is 120 Å². The van der Waals surface area contributed by atoms with E-state index in [-0.39, 0.29) is 37.4 Å². The molecule has 1 heterocycles. The largest absolute Gasteiger partial charge is 0.361 e. The van der Waals surface area contributed by atoms with Crippen LogP contribution in [0.15, 0.2) is 103 Å². The van der Waals surface area contributed by atoms with Gasteiger partial charge in [0, 0.05) is 49.8 Å². The molecule has 0 spiro atoms. The molecule has 0 saturated heterocycles. The first-order valence-electron chi connectivity index (χ1n) is 20.2. The fourth-order valence-electron chi connectivity index (χ4n) is 7.24. The highest BCUT2D eigenvalue weighted by molar-refractivity contribution is 5.96. The first kappa shape index (κ1) is 43.3. The number of para-hydroxylation sites is 1. The van der Waals surface area contributed by atoms with Gasteiger partial charge >= 0.3 is 0 Å². The van der Waals surface area contributed by atoms with E-state index in [1.807, 2.05) is 103 Å². The maximum atomic E-state index is 14.6. The van der Waals surface area contributed by atoms with Crippen LogP contribution in [0.4, 0.5) is 0 Å². The molecular weight excluding hydrogens is 731 g/mol. The summed E-state index contributed by atoms with van der Waals surface area (Å²) in [5.74, 6) is -2.02. The summed E-state index contributed by atoms with van der Waals surface area (Å²) < 4.78 is 0. The van der Waals surface area contributed by atoms with Crippen molar-refractivity contribution in [3.63, 3.8) is 0 Å². The van der Waals surface area contributed by atoms with Gasteiger partial charge in [-0.3, -0.25) is 24.0 Å². The lowest BCUT2D eigenvalue weighted by atomic mass is 9.98. The molecule has 306 valence electrons. The van der Waals surface area contributed by atoms with E-state index in [4.69, 9.17) is 11.5 Å². The number of hydrogen-bond acceptors (Lipinski definition) is 7. The molecule has 0 bridgehead atoms. The van der Waals surface area contributed by atoms with Crippen LogP contribution in [0.5, 0.6) is 0 Å². The molecule has 5 aromatic rings. The lowest BCUT2D eigenvalue weighted by Crippen LogP contribution is -2.59. The van der Waals surface area contributed by atoms with Crippen LogP contribution in [-0.4, -0.2) is 83.6 Å². The number of ketones is 1. The molecule has 5 rings (SSSR count). The number of carbonyl (C=O) groups is 5. The monoisotopic (exact) mass is 787 g/mol. The molecule has 4 amide bonds. The average Bonchev–Trinajstić information content (AvgIpc) is 3.64. The topological polar surface area (TPSA) is 193 Å². The summed E-state index contributed by atoms with van der Waals surface area (Å²) in [4.78, 5) is 74.1. The Bertz CT molecular complexity index is 2150. The van der Waals surface area contributed by atoms with Crippen molar-refractivity contribution >= 4 is 51.1 Å². The molecule has 58 heavy (non-hydrogen) atoms. The Balaban J connectivity index is 1.46. The van der Waals surface area contributed by atoms with Crippen LogP contribution < -0.4 is 27.4 Å². The number of benzene rings is 4. The molecule has 4 aromatic carbocycles. The second kappa shape index (κ2) is 21.6. The third-order valence-corrected chi connectivity index (χ3v) is 10.7. The minimum Gasteiger partial charge on any atom is -0.361 e. The van der Waals surface area contributed by atoms with Gasteiger partial charge in [-0.25, -0.2) is 0 Å². The summed E-state index contributed by atoms with van der Waals surface area (Å²) in [6, 6.07) is 26.9. The van der Waals surface area contributed by atoms with Gasteiger partial charge < -0.3 is 37.3 Å². The van der Waals surface area contributed by atoms with E-state index in [2.05, 4.69) is 20.9 Å². The molecule has 0 fully saturated rings. The smallest absolute Gasteiger partial charge is 0.243 e. The van der Waals surface area contributed by atoms with Crippen molar-refractivity contribution in [3.8, 4) is 0 Å². The molecule has 1 aromatic heterocycles. The quantitative estimate of drug-likeness (QED) is 0.0557. The highest BCUT2D eigenvalue weighted by Crippen LogP contribution is 2.21. The minimum atomic E-state index is -1.15. The Hall–Kier alpha value is -5.85. The highest BCUT2D eigenvalue weighted by Gasteiger charge is 2.33. The maximum absolute atomic E-state index is 14.6. The van der Waals surface area contributed by atoms with Crippen LogP contribution in [0.2, 0.25) is 0 Å². The number of fused-ring (bicyclic) bond motifs is 2. The molecule has 0 aliphatic carbocycles. The van der Waals surface area contributed by atoms with Gasteiger partial charge in [-0.1, -0.05) is 91.0 Å². The van der Waals surface area contributed by atoms with Crippen LogP contribution in [0, 0.1) is 0 Å². The lowest BCUT2D eigenvalue weighted by Gasteiger charge is -2.30. The average molecular weight is 788 g/mol. The molecule has 0 saturated carbocycles. The van der Waals surface area contributed by atoms with Crippen LogP contribution in [-0.2, 0) is 43.2 Å². The number of nitrogens with zero attached hydrogens (tertiary/aromatic N) is 1. The molecule has 12 nitrogen and oxygen atoms in total. The third kappa shape index (κ3) is 12.1. The van der Waals surface area contributed by atoms with E-state index in [1.54, 1.807) is 7.05 Å². The van der Waals surface area contributed by atoms with E-state index in [1.165, 1.54) is 11.8 Å². The number of aromatic nitrogens is 1. The van der Waals surface area contributed by atoms with Crippen molar-refractivity contribution in [1.82, 2.24) is 25.8 Å². The van der Waals surface area contributed by atoms with Gasteiger partial charge in [0.1, 0.15) is 18.1 Å². The second-order valence-corrected chi connectivity index (χ2v) is 15.0. The number of aromatic amines is 1. The van der Waals surface area contributed by atoms with Gasteiger partial charge in [-0.15, -0.1) is 0 Å². The van der Waals surface area contributed by atoms with Crippen molar-refractivity contribution in [2.45, 2.75) is 88.9 Å². The zero-order valence-corrected chi connectivity index (χ0v) is 33.5. The SMILES string of the molecule is CC(=O)C(CCCCN)NC(=O)C(Cc1ccccc1)NC(=O)C(Cc1c[nH]c2ccccc12)NC(=O)C(Cc1ccc2ccccc2c1)N(C)C(=O)CCCCN. The normalized spacial score (nSPS) is 13.3. The Morgan fingerprint density at radius 2 is 1.26 bits per heavy atom. The minimum absolute atomic E-state index is 0.0906. The van der Waals surface area contributed by atoms with Crippen LogP contribution in [0.3, 0.4) is 0 Å². The first-order valence-corrected chi connectivity index (χ1v) is 20.2. The summed E-state index contributed by atoms with van der Waals surface area (Å²) in [5, 5.41) is 11.7. The summed E-state index contributed by atoms with van der Waals surface area (Å²) in [6.45, 7) is 2.35. The fourth-order valence-corrected chi connectivity index (χ4v) is 7.24. The number of carbonyl (C=O) groups excluding carboxylic acids is 5. The molecule has 12 heteroatoms. The predicted octanol–water partition coefficient (Wildman–Crippen LogP) is 4.48. The van der Waals surface area contributed by atoms with Gasteiger partial charge in [0.05, 0.1) is 6.04 Å². The molecule has 4 unspecified atom stereocenters. The van der Waals surface area contributed by atoms with Crippen molar-refractivity contribution < 1.29 is 24.0 Å². The molecule has 0 aliphatic rings. The molecule has 4 atom stereocenters. The Labute approximate surface area is 340 Å². The summed E-state index contributed by atoms with van der Waals surface area (Å²) in [7, 11) is 1.62. The highest BCUT2D eigenvalue weighted by atomic mass is 16.2. The molecule has 8 N–H and O–H groups in total. The summed E-state index contributed by atoms with van der Waals surface area (Å²) in [5.41, 5.74) is 14.7. The number of amides is 4. The van der Waals surface area contributed by atoms with E-state index in [9.17, 15) is 24.0 Å². The van der Waals surface area contributed by atoms with Gasteiger partial charge in [-0.05, 0) is 85.6 Å². The summed E-state index contributed by atoms with van der Waals surface area (Å²) in [6.07, 6.45) is 5.49. The Morgan fingerprint density at radius 1 is 0.638 bits per heavy atom. The second-order valence-electron chi connectivity index (χ2n) is 15.0. The van der Waals surface area contributed by atoms with E-state index in [0.29, 0.717) is 45.2 Å². The predicted molar refractivity (Wildman–Crippen MR) is 229 cm³/mol. The van der Waals surface area contributed by atoms with Gasteiger partial charge in [0.2, 0.25) is 23.6 Å². The molecular formula is C46H57N7O5. The van der Waals surface area contributed by atoms with Crippen LogP contribution in [0.25, 0.3) is 21.7 Å². The number of nitrogens with two attached hydrogens (primary N) is 2. The third-order valence-electron chi connectivity index (χ3n) is 10.7. The number of H-pyrrole nitrogens is 1. The number of unbranched alkanes of at least 4 members (excludes halogenated alkanes) is 2. The van der Waals surface area contributed by atoms with Gasteiger partial charge in [0.15, 0.2) is 5.78 Å². The zero-order valence-electron chi connectivity index (χ0n) is 33.5. The lowest BCUT2D eigenvalue weighted by molar-refractivity contribution is -0.140. The van der Waals surface area contributed by atoms with Crippen LogP contribution in [0.1, 0.15) is 62.1 Å². The number of nitrogens with one attached hydrogen (secondary N) is 4. The van der Waals surface area contributed by atoms with Gasteiger partial charge in [-0.2, -0.15) is 0 Å². The van der Waals surface area contributed by atoms with Gasteiger partial charge in [0.25, 0.3) is 0 Å². The maximum Gasteiger partial charge on any atom is 0.243 e. The summed E-state index contributed by atoms with van der Waals surface area (Å²) >= 11 is 0. The fraction of sp³-hybridized carbons (Fsp3) is 0.370. The number of hydrogen-bond donors (Lipinski definition) is 6. The standard InChI is InChI=1S/C46H57N7O5/c1-31(54)38(19-10-12-24-47)50-44(56)40(27-32-14-4-3-5-15-32)51-45(57)41(29-36-30-49-39-20-9-8-18-37(36)39)52-46(58)42(53(2)43(55)21-11-13-25-48)28-33-22-23-34-16-6-7-17-35(34)26-33/h3-9,14-18,20,22-23,26,30,38,40-42,49H,10-13,19,21,24-25,27-29,47-48H2,1-2H3,(H,50,56)(H,51,57)(H,52,58). The number of rotatable bonds is 22. The van der Waals surface area contributed by atoms with Crippen LogP contribution >= 0.6 is 0 Å². The van der Waals surface area contributed by atoms with Crippen molar-refractivity contribution in [2.75, 3.05) is 20.1 Å². The van der Waals surface area contributed by atoms with Crippen molar-refractivity contribution in [1.29, 1.82) is 0 Å². The molecule has 0 aliphatic heterocycles. The molecule has 0 radical (unpaired) electrons. The van der Waals surface area contributed by atoms with E-state index >= 15 is 0 Å². The zero-order chi connectivity index (χ0) is 41.4. The van der Waals surface area contributed by atoms with E-state index in [0.717, 1.165) is 38.4 Å². The Kier molecular flexibility index (Phi) is 16.1.